The highest BCUT2D eigenvalue weighted by Crippen LogP contribution is 2.23. The van der Waals surface area contributed by atoms with Crippen molar-refractivity contribution >= 4 is 40.2 Å². The highest BCUT2D eigenvalue weighted by Gasteiger charge is 2.04. The smallest absolute Gasteiger partial charge is 0.142 e. The van der Waals surface area contributed by atoms with Crippen LogP contribution in [0, 0.1) is 9.39 Å². The number of benzene rings is 1. The fourth-order valence-corrected chi connectivity index (χ4v) is 2.69. The number of rotatable bonds is 4. The third-order valence-electron chi connectivity index (χ3n) is 2.19. The summed E-state index contributed by atoms with van der Waals surface area (Å²) in [5.41, 5.74) is 0. The molecule has 6 heteroatoms. The Labute approximate surface area is 123 Å². The quantitative estimate of drug-likeness (QED) is 0.655. The maximum atomic E-state index is 13.0. The Kier molecular flexibility index (Phi) is 4.76. The number of anilines is 1. The monoisotopic (exact) mass is 375 g/mol. The molecule has 0 unspecified atom stereocenters. The lowest BCUT2D eigenvalue weighted by Crippen LogP contribution is -2.01. The van der Waals surface area contributed by atoms with Gasteiger partial charge in [0.15, 0.2) is 0 Å². The summed E-state index contributed by atoms with van der Waals surface area (Å²) >= 11 is 3.69. The number of aromatic nitrogens is 2. The van der Waals surface area contributed by atoms with Gasteiger partial charge in [0.25, 0.3) is 0 Å². The van der Waals surface area contributed by atoms with Crippen molar-refractivity contribution in [2.24, 2.45) is 0 Å². The predicted octanol–water partition coefficient (Wildman–Crippen LogP) is 3.55. The molecule has 1 N–H and O–H groups in total. The van der Waals surface area contributed by atoms with Crippen molar-refractivity contribution in [3.05, 3.63) is 45.7 Å². The molecule has 0 saturated carbocycles. The van der Waals surface area contributed by atoms with Gasteiger partial charge in [-0.2, -0.15) is 0 Å². The molecule has 1 aromatic carbocycles. The third kappa shape index (κ3) is 3.55. The molecule has 2 rings (SSSR count). The zero-order valence-electron chi connectivity index (χ0n) is 9.65. The summed E-state index contributed by atoms with van der Waals surface area (Å²) in [6.07, 6.45) is 1.78. The topological polar surface area (TPSA) is 37.8 Å². The summed E-state index contributed by atoms with van der Waals surface area (Å²) < 4.78 is 14.0. The third-order valence-corrected chi connectivity index (χ3v) is 3.97. The van der Waals surface area contributed by atoms with Crippen molar-refractivity contribution < 1.29 is 4.39 Å². The van der Waals surface area contributed by atoms with Crippen molar-refractivity contribution in [2.75, 3.05) is 12.4 Å². The van der Waals surface area contributed by atoms with E-state index >= 15 is 0 Å². The maximum Gasteiger partial charge on any atom is 0.142 e. The van der Waals surface area contributed by atoms with Crippen molar-refractivity contribution in [1.29, 1.82) is 0 Å². The van der Waals surface area contributed by atoms with E-state index in [9.17, 15) is 4.39 Å². The first-order valence-electron chi connectivity index (χ1n) is 5.26. The predicted molar refractivity (Wildman–Crippen MR) is 80.3 cm³/mol. The Morgan fingerprint density at radius 1 is 1.44 bits per heavy atom. The van der Waals surface area contributed by atoms with Gasteiger partial charge in [-0.15, -0.1) is 11.8 Å². The van der Waals surface area contributed by atoms with Crippen molar-refractivity contribution in [3.63, 3.8) is 0 Å². The number of thioether (sulfide) groups is 1. The summed E-state index contributed by atoms with van der Waals surface area (Å²) in [4.78, 5) is 9.51. The molecule has 0 saturated heterocycles. The van der Waals surface area contributed by atoms with Crippen molar-refractivity contribution in [3.8, 4) is 0 Å². The SMILES string of the molecule is CNc1nc(CSc2cccc(F)c2)ncc1I. The van der Waals surface area contributed by atoms with Crippen LogP contribution in [0.3, 0.4) is 0 Å². The molecule has 3 nitrogen and oxygen atoms in total. The number of hydrogen-bond donors (Lipinski definition) is 1. The van der Waals surface area contributed by atoms with Crippen LogP contribution in [0.5, 0.6) is 0 Å². The summed E-state index contributed by atoms with van der Waals surface area (Å²) in [5, 5.41) is 3.02. The van der Waals surface area contributed by atoms with Gasteiger partial charge in [0, 0.05) is 18.1 Å². The summed E-state index contributed by atoms with van der Waals surface area (Å²) in [6.45, 7) is 0. The number of halogens is 2. The molecule has 0 spiro atoms. The van der Waals surface area contributed by atoms with E-state index in [4.69, 9.17) is 0 Å². The van der Waals surface area contributed by atoms with Crippen molar-refractivity contribution in [1.82, 2.24) is 9.97 Å². The molecule has 18 heavy (non-hydrogen) atoms. The molecule has 2 aromatic rings. The van der Waals surface area contributed by atoms with Gasteiger partial charge in [0.1, 0.15) is 17.5 Å². The van der Waals surface area contributed by atoms with E-state index in [1.54, 1.807) is 12.3 Å². The first kappa shape index (κ1) is 13.5. The van der Waals surface area contributed by atoms with E-state index < -0.39 is 0 Å². The van der Waals surface area contributed by atoms with Gasteiger partial charge in [-0.05, 0) is 40.8 Å². The van der Waals surface area contributed by atoms with Crippen LogP contribution in [0.1, 0.15) is 5.82 Å². The molecule has 0 radical (unpaired) electrons. The highest BCUT2D eigenvalue weighted by molar-refractivity contribution is 14.1. The lowest BCUT2D eigenvalue weighted by Gasteiger charge is -2.05. The molecule has 94 valence electrons. The summed E-state index contributed by atoms with van der Waals surface area (Å²) in [7, 11) is 1.83. The number of nitrogens with zero attached hydrogens (tertiary/aromatic N) is 2. The van der Waals surface area contributed by atoms with Gasteiger partial charge >= 0.3 is 0 Å². The Hall–Kier alpha value is -0.890. The van der Waals surface area contributed by atoms with Crippen LogP contribution in [0.4, 0.5) is 10.2 Å². The van der Waals surface area contributed by atoms with E-state index in [1.165, 1.54) is 23.9 Å². The molecule has 1 aromatic heterocycles. The van der Waals surface area contributed by atoms with Gasteiger partial charge in [0.2, 0.25) is 0 Å². The Morgan fingerprint density at radius 3 is 3.00 bits per heavy atom. The molecule has 0 aliphatic rings. The minimum atomic E-state index is -0.223. The number of hydrogen-bond acceptors (Lipinski definition) is 4. The molecule has 0 aliphatic carbocycles. The van der Waals surface area contributed by atoms with E-state index in [1.807, 2.05) is 13.1 Å². The molecule has 0 atom stereocenters. The Balaban J connectivity index is 2.06. The summed E-state index contributed by atoms with van der Waals surface area (Å²) in [5.74, 6) is 1.95. The zero-order chi connectivity index (χ0) is 13.0. The van der Waals surface area contributed by atoms with Crippen LogP contribution in [0.25, 0.3) is 0 Å². The Morgan fingerprint density at radius 2 is 2.28 bits per heavy atom. The van der Waals surface area contributed by atoms with Crippen LogP contribution in [-0.2, 0) is 5.75 Å². The van der Waals surface area contributed by atoms with E-state index in [2.05, 4.69) is 37.9 Å². The average molecular weight is 375 g/mol. The molecule has 0 aliphatic heterocycles. The second-order valence-electron chi connectivity index (χ2n) is 3.48. The first-order valence-corrected chi connectivity index (χ1v) is 7.33. The van der Waals surface area contributed by atoms with E-state index in [-0.39, 0.29) is 5.82 Å². The van der Waals surface area contributed by atoms with Gasteiger partial charge in [0.05, 0.1) is 9.32 Å². The van der Waals surface area contributed by atoms with Gasteiger partial charge in [-0.25, -0.2) is 14.4 Å². The van der Waals surface area contributed by atoms with Gasteiger partial charge in [-0.1, -0.05) is 6.07 Å². The lowest BCUT2D eigenvalue weighted by molar-refractivity contribution is 0.624. The molecule has 1 heterocycles. The second kappa shape index (κ2) is 6.33. The van der Waals surface area contributed by atoms with Crippen molar-refractivity contribution in [2.45, 2.75) is 10.6 Å². The summed E-state index contributed by atoms with van der Waals surface area (Å²) in [6, 6.07) is 6.52. The standard InChI is InChI=1S/C12H11FIN3S/c1-15-12-10(14)6-16-11(17-12)7-18-9-4-2-3-8(13)5-9/h2-6H,7H2,1H3,(H,15,16,17). The minimum absolute atomic E-state index is 0.223. The number of nitrogens with one attached hydrogen (secondary N) is 1. The molecule has 0 fully saturated rings. The average Bonchev–Trinajstić information content (AvgIpc) is 2.38. The molecule has 0 bridgehead atoms. The maximum absolute atomic E-state index is 13.0. The normalized spacial score (nSPS) is 10.4. The largest absolute Gasteiger partial charge is 0.372 e. The second-order valence-corrected chi connectivity index (χ2v) is 5.69. The Bertz CT molecular complexity index is 551. The molecule has 0 amide bonds. The van der Waals surface area contributed by atoms with E-state index in [0.717, 1.165) is 20.1 Å². The highest BCUT2D eigenvalue weighted by atomic mass is 127. The molecular weight excluding hydrogens is 364 g/mol. The fourth-order valence-electron chi connectivity index (χ4n) is 1.35. The fraction of sp³-hybridized carbons (Fsp3) is 0.167. The minimum Gasteiger partial charge on any atom is -0.372 e. The van der Waals surface area contributed by atoms with Gasteiger partial charge in [-0.3, -0.25) is 0 Å². The van der Waals surface area contributed by atoms with Crippen LogP contribution >= 0.6 is 34.4 Å². The van der Waals surface area contributed by atoms with Crippen LogP contribution in [-0.4, -0.2) is 17.0 Å². The lowest BCUT2D eigenvalue weighted by atomic mass is 10.4. The first-order chi connectivity index (χ1) is 8.69. The van der Waals surface area contributed by atoms with Crippen LogP contribution < -0.4 is 5.32 Å². The molecular formula is C12H11FIN3S. The van der Waals surface area contributed by atoms with E-state index in [0.29, 0.717) is 5.75 Å². The van der Waals surface area contributed by atoms with Gasteiger partial charge < -0.3 is 5.32 Å². The van der Waals surface area contributed by atoms with Crippen LogP contribution in [0.15, 0.2) is 35.4 Å². The zero-order valence-corrected chi connectivity index (χ0v) is 12.6. The van der Waals surface area contributed by atoms with Crippen LogP contribution in [0.2, 0.25) is 0 Å².